The zero-order valence-corrected chi connectivity index (χ0v) is 11.5. The lowest BCUT2D eigenvalue weighted by molar-refractivity contribution is 0.174. The number of halogens is 1. The number of hydrogen-bond acceptors (Lipinski definition) is 4. The minimum atomic E-state index is -0.998. The van der Waals surface area contributed by atoms with Crippen LogP contribution in [0.2, 0.25) is 0 Å². The number of nitrogens with one attached hydrogen (secondary N) is 2. The number of aryl methyl sites for hydroxylation is 1. The summed E-state index contributed by atoms with van der Waals surface area (Å²) in [7, 11) is 0. The summed E-state index contributed by atoms with van der Waals surface area (Å²) in [6.07, 6.45) is 1.16. The Bertz CT molecular complexity index is 615. The van der Waals surface area contributed by atoms with Crippen molar-refractivity contribution >= 4 is 12.0 Å². The summed E-state index contributed by atoms with van der Waals surface area (Å²) in [5.74, 6) is -0.442. The third-order valence-corrected chi connectivity index (χ3v) is 2.82. The Morgan fingerprint density at radius 1 is 1.52 bits per heavy atom. The zero-order valence-electron chi connectivity index (χ0n) is 11.5. The van der Waals surface area contributed by atoms with Crippen LogP contribution in [0.4, 0.5) is 15.2 Å². The molecule has 0 aliphatic carbocycles. The highest BCUT2D eigenvalue weighted by Gasteiger charge is 2.11. The van der Waals surface area contributed by atoms with E-state index in [2.05, 4.69) is 15.6 Å². The standard InChI is InChI=1S/C14H16FN3O3/c1-2-11-8-21-14(17-11)18-13(20)16-7-12(19)9-4-3-5-10(15)6-9/h3-6,8,12,19H,2,7H2,1H3,(H2,16,17,18,20). The molecule has 0 aliphatic rings. The van der Waals surface area contributed by atoms with Crippen LogP contribution >= 0.6 is 0 Å². The van der Waals surface area contributed by atoms with Crippen molar-refractivity contribution in [2.45, 2.75) is 19.4 Å². The number of nitrogens with zero attached hydrogens (tertiary/aromatic N) is 1. The number of rotatable bonds is 5. The summed E-state index contributed by atoms with van der Waals surface area (Å²) in [5, 5.41) is 14.7. The molecule has 1 aromatic heterocycles. The summed E-state index contributed by atoms with van der Waals surface area (Å²) < 4.78 is 18.1. The predicted octanol–water partition coefficient (Wildman–Crippen LogP) is 2.23. The minimum absolute atomic E-state index is 0.0589. The van der Waals surface area contributed by atoms with Crippen molar-refractivity contribution in [1.82, 2.24) is 10.3 Å². The quantitative estimate of drug-likeness (QED) is 0.789. The van der Waals surface area contributed by atoms with Gasteiger partial charge in [0.2, 0.25) is 0 Å². The second kappa shape index (κ2) is 6.85. The Morgan fingerprint density at radius 3 is 3.00 bits per heavy atom. The van der Waals surface area contributed by atoms with Gasteiger partial charge in [-0.2, -0.15) is 4.98 Å². The van der Waals surface area contributed by atoms with Crippen molar-refractivity contribution in [2.75, 3.05) is 11.9 Å². The molecule has 0 saturated heterocycles. The van der Waals surface area contributed by atoms with Crippen molar-refractivity contribution in [3.63, 3.8) is 0 Å². The number of benzene rings is 1. The predicted molar refractivity (Wildman–Crippen MR) is 74.3 cm³/mol. The molecule has 2 amide bonds. The van der Waals surface area contributed by atoms with E-state index in [1.807, 2.05) is 6.92 Å². The smallest absolute Gasteiger partial charge is 0.322 e. The number of aliphatic hydroxyl groups excluding tert-OH is 1. The lowest BCUT2D eigenvalue weighted by atomic mass is 10.1. The molecule has 6 nitrogen and oxygen atoms in total. The van der Waals surface area contributed by atoms with Crippen LogP contribution in [0.3, 0.4) is 0 Å². The molecule has 0 bridgehead atoms. The first-order valence-corrected chi connectivity index (χ1v) is 6.51. The van der Waals surface area contributed by atoms with Crippen molar-refractivity contribution in [1.29, 1.82) is 0 Å². The van der Waals surface area contributed by atoms with Gasteiger partial charge in [-0.05, 0) is 24.1 Å². The van der Waals surface area contributed by atoms with E-state index in [0.717, 1.165) is 5.69 Å². The number of oxazole rings is 1. The highest BCUT2D eigenvalue weighted by molar-refractivity contribution is 5.86. The van der Waals surface area contributed by atoms with Crippen molar-refractivity contribution < 1.29 is 18.7 Å². The molecule has 1 aromatic carbocycles. The zero-order chi connectivity index (χ0) is 15.2. The molecule has 7 heteroatoms. The maximum absolute atomic E-state index is 13.0. The average molecular weight is 293 g/mol. The molecular formula is C14H16FN3O3. The van der Waals surface area contributed by atoms with Gasteiger partial charge in [0.1, 0.15) is 12.1 Å². The fraction of sp³-hybridized carbons (Fsp3) is 0.286. The van der Waals surface area contributed by atoms with E-state index in [1.165, 1.54) is 24.5 Å². The Labute approximate surface area is 121 Å². The van der Waals surface area contributed by atoms with Gasteiger partial charge in [-0.1, -0.05) is 19.1 Å². The summed E-state index contributed by atoms with van der Waals surface area (Å²) in [6, 6.07) is 5.09. The normalized spacial score (nSPS) is 12.0. The molecule has 0 spiro atoms. The fourth-order valence-corrected chi connectivity index (χ4v) is 1.69. The van der Waals surface area contributed by atoms with Crippen LogP contribution in [0.5, 0.6) is 0 Å². The largest absolute Gasteiger partial charge is 0.432 e. The molecule has 0 radical (unpaired) electrons. The lowest BCUT2D eigenvalue weighted by Gasteiger charge is -2.12. The van der Waals surface area contributed by atoms with Gasteiger partial charge in [0.15, 0.2) is 0 Å². The highest BCUT2D eigenvalue weighted by atomic mass is 19.1. The van der Waals surface area contributed by atoms with Crippen LogP contribution in [0, 0.1) is 5.82 Å². The van der Waals surface area contributed by atoms with Crippen LogP contribution in [-0.2, 0) is 6.42 Å². The molecule has 1 unspecified atom stereocenters. The van der Waals surface area contributed by atoms with Crippen LogP contribution in [0.1, 0.15) is 24.3 Å². The maximum atomic E-state index is 13.0. The third kappa shape index (κ3) is 4.28. The molecule has 112 valence electrons. The first-order valence-electron chi connectivity index (χ1n) is 6.51. The van der Waals surface area contributed by atoms with Gasteiger partial charge in [-0.15, -0.1) is 0 Å². The van der Waals surface area contributed by atoms with E-state index < -0.39 is 18.0 Å². The number of aromatic nitrogens is 1. The van der Waals surface area contributed by atoms with Gasteiger partial charge < -0.3 is 14.8 Å². The summed E-state index contributed by atoms with van der Waals surface area (Å²) in [5.41, 5.74) is 1.12. The van der Waals surface area contributed by atoms with Crippen molar-refractivity contribution in [3.05, 3.63) is 47.6 Å². The second-order valence-electron chi connectivity index (χ2n) is 4.40. The highest BCUT2D eigenvalue weighted by Crippen LogP contribution is 2.13. The molecular weight excluding hydrogens is 277 g/mol. The maximum Gasteiger partial charge on any atom is 0.322 e. The Kier molecular flexibility index (Phi) is 4.89. The Balaban J connectivity index is 1.83. The van der Waals surface area contributed by atoms with Gasteiger partial charge >= 0.3 is 12.0 Å². The number of carbonyl (C=O) groups is 1. The molecule has 0 saturated carbocycles. The first kappa shape index (κ1) is 15.0. The van der Waals surface area contributed by atoms with E-state index >= 15 is 0 Å². The van der Waals surface area contributed by atoms with Crippen molar-refractivity contribution in [3.8, 4) is 0 Å². The van der Waals surface area contributed by atoms with Crippen LogP contribution in [0.15, 0.2) is 34.9 Å². The summed E-state index contributed by atoms with van der Waals surface area (Å²) in [4.78, 5) is 15.6. The van der Waals surface area contributed by atoms with Gasteiger partial charge in [0.25, 0.3) is 0 Å². The molecule has 0 aliphatic heterocycles. The van der Waals surface area contributed by atoms with Gasteiger partial charge in [-0.25, -0.2) is 9.18 Å². The number of hydrogen-bond donors (Lipinski definition) is 3. The Hall–Kier alpha value is -2.41. The van der Waals surface area contributed by atoms with Crippen LogP contribution in [-0.4, -0.2) is 22.7 Å². The molecule has 0 fully saturated rings. The van der Waals surface area contributed by atoms with Gasteiger partial charge in [0.05, 0.1) is 11.8 Å². The molecule has 1 heterocycles. The van der Waals surface area contributed by atoms with E-state index in [-0.39, 0.29) is 12.6 Å². The van der Waals surface area contributed by atoms with Crippen LogP contribution in [0.25, 0.3) is 0 Å². The van der Waals surface area contributed by atoms with Gasteiger partial charge in [0, 0.05) is 6.54 Å². The van der Waals surface area contributed by atoms with E-state index in [1.54, 1.807) is 6.07 Å². The topological polar surface area (TPSA) is 87.4 Å². The SMILES string of the molecule is CCc1coc(NC(=O)NCC(O)c2cccc(F)c2)n1. The number of amides is 2. The summed E-state index contributed by atoms with van der Waals surface area (Å²) >= 11 is 0. The first-order chi connectivity index (χ1) is 10.1. The summed E-state index contributed by atoms with van der Waals surface area (Å²) in [6.45, 7) is 1.85. The molecule has 2 aromatic rings. The molecule has 3 N–H and O–H groups in total. The van der Waals surface area contributed by atoms with Crippen molar-refractivity contribution in [2.24, 2.45) is 0 Å². The monoisotopic (exact) mass is 293 g/mol. The Morgan fingerprint density at radius 2 is 2.33 bits per heavy atom. The lowest BCUT2D eigenvalue weighted by Crippen LogP contribution is -2.32. The molecule has 1 atom stereocenters. The van der Waals surface area contributed by atoms with Gasteiger partial charge in [-0.3, -0.25) is 5.32 Å². The number of anilines is 1. The fourth-order valence-electron chi connectivity index (χ4n) is 1.69. The number of aliphatic hydroxyl groups is 1. The third-order valence-electron chi connectivity index (χ3n) is 2.82. The van der Waals surface area contributed by atoms with Crippen LogP contribution < -0.4 is 10.6 Å². The number of carbonyl (C=O) groups excluding carboxylic acids is 1. The second-order valence-corrected chi connectivity index (χ2v) is 4.40. The average Bonchev–Trinajstić information content (AvgIpc) is 2.92. The van der Waals surface area contributed by atoms with E-state index in [0.29, 0.717) is 12.0 Å². The van der Waals surface area contributed by atoms with E-state index in [4.69, 9.17) is 4.42 Å². The molecule has 21 heavy (non-hydrogen) atoms. The number of urea groups is 1. The van der Waals surface area contributed by atoms with E-state index in [9.17, 15) is 14.3 Å². The molecule has 2 rings (SSSR count). The minimum Gasteiger partial charge on any atom is -0.432 e.